The van der Waals surface area contributed by atoms with E-state index < -0.39 is 0 Å². The van der Waals surface area contributed by atoms with Gasteiger partial charge in [0.25, 0.3) is 0 Å². The topological polar surface area (TPSA) is 33.2 Å². The summed E-state index contributed by atoms with van der Waals surface area (Å²) >= 11 is 0. The van der Waals surface area contributed by atoms with Gasteiger partial charge >= 0.3 is 0 Å². The molecule has 0 unspecified atom stereocenters. The van der Waals surface area contributed by atoms with E-state index in [1.54, 1.807) is 0 Å². The zero-order chi connectivity index (χ0) is 15.6. The maximum Gasteiger partial charge on any atom is 0.230 e. The quantitative estimate of drug-likeness (QED) is 0.832. The molecular formula is C20H22N2O. The number of rotatable bonds is 2. The van der Waals surface area contributed by atoms with E-state index >= 15 is 0 Å². The van der Waals surface area contributed by atoms with Crippen molar-refractivity contribution in [3.8, 4) is 11.1 Å². The zero-order valence-electron chi connectivity index (χ0n) is 13.4. The van der Waals surface area contributed by atoms with Crippen molar-refractivity contribution in [3.05, 3.63) is 48.3 Å². The number of benzene rings is 1. The van der Waals surface area contributed by atoms with Gasteiger partial charge in [-0.3, -0.25) is 9.78 Å². The molecular weight excluding hydrogens is 284 g/mol. The van der Waals surface area contributed by atoms with Gasteiger partial charge in [-0.25, -0.2) is 0 Å². The molecule has 1 aromatic heterocycles. The first-order valence-corrected chi connectivity index (χ1v) is 8.67. The van der Waals surface area contributed by atoms with Crippen LogP contribution in [0, 0.1) is 5.92 Å². The van der Waals surface area contributed by atoms with E-state index in [0.29, 0.717) is 5.91 Å². The van der Waals surface area contributed by atoms with Crippen LogP contribution >= 0.6 is 0 Å². The van der Waals surface area contributed by atoms with E-state index in [1.165, 1.54) is 36.0 Å². The van der Waals surface area contributed by atoms with E-state index in [-0.39, 0.29) is 5.92 Å². The summed E-state index contributed by atoms with van der Waals surface area (Å²) in [5.74, 6) is 0.592. The van der Waals surface area contributed by atoms with Gasteiger partial charge in [0, 0.05) is 30.5 Å². The lowest BCUT2D eigenvalue weighted by molar-refractivity contribution is -0.123. The monoisotopic (exact) mass is 306 g/mol. The molecule has 3 heteroatoms. The summed E-state index contributed by atoms with van der Waals surface area (Å²) in [7, 11) is 0. The van der Waals surface area contributed by atoms with Crippen molar-refractivity contribution >= 4 is 11.6 Å². The molecule has 0 spiro atoms. The van der Waals surface area contributed by atoms with Gasteiger partial charge in [0.05, 0.1) is 0 Å². The van der Waals surface area contributed by atoms with Crippen LogP contribution in [0.25, 0.3) is 11.1 Å². The molecule has 1 aliphatic heterocycles. The number of pyridine rings is 1. The van der Waals surface area contributed by atoms with E-state index in [9.17, 15) is 4.79 Å². The summed E-state index contributed by atoms with van der Waals surface area (Å²) in [6, 6.07) is 10.5. The van der Waals surface area contributed by atoms with E-state index in [1.807, 2.05) is 29.4 Å². The van der Waals surface area contributed by atoms with Crippen LogP contribution in [0.2, 0.25) is 0 Å². The second kappa shape index (κ2) is 6.15. The molecule has 4 rings (SSSR count). The Hall–Kier alpha value is -2.16. The molecule has 0 atom stereocenters. The number of fused-ring (bicyclic) bond motifs is 1. The van der Waals surface area contributed by atoms with Gasteiger partial charge in [-0.15, -0.1) is 0 Å². The van der Waals surface area contributed by atoms with Crippen molar-refractivity contribution in [2.75, 3.05) is 11.4 Å². The lowest BCUT2D eigenvalue weighted by atomic mass is 9.88. The zero-order valence-corrected chi connectivity index (χ0v) is 13.4. The number of amides is 1. The largest absolute Gasteiger partial charge is 0.312 e. The molecule has 2 heterocycles. The average Bonchev–Trinajstić information content (AvgIpc) is 3.05. The Balaban J connectivity index is 1.59. The second-order valence-corrected chi connectivity index (χ2v) is 6.65. The molecule has 0 saturated heterocycles. The summed E-state index contributed by atoms with van der Waals surface area (Å²) in [6.45, 7) is 0.838. The predicted octanol–water partition coefficient (Wildman–Crippen LogP) is 4.22. The fraction of sp³-hybridized carbons (Fsp3) is 0.400. The first kappa shape index (κ1) is 14.4. The Morgan fingerprint density at radius 3 is 2.57 bits per heavy atom. The van der Waals surface area contributed by atoms with Gasteiger partial charge in [-0.1, -0.05) is 25.3 Å². The Kier molecular flexibility index (Phi) is 3.86. The van der Waals surface area contributed by atoms with Gasteiger partial charge in [0.1, 0.15) is 0 Å². The maximum absolute atomic E-state index is 12.8. The molecule has 0 radical (unpaired) electrons. The molecule has 1 amide bonds. The number of hydrogen-bond donors (Lipinski definition) is 0. The lowest BCUT2D eigenvalue weighted by Gasteiger charge is -2.26. The highest BCUT2D eigenvalue weighted by molar-refractivity contribution is 5.97. The second-order valence-electron chi connectivity index (χ2n) is 6.65. The standard InChI is InChI=1S/C20H22N2O/c23-20(16-4-2-1-3-5-16)22-13-10-18-14-17(6-7-19(18)22)15-8-11-21-12-9-15/h6-9,11-12,14,16H,1-5,10,13H2. The van der Waals surface area contributed by atoms with Crippen molar-refractivity contribution in [3.63, 3.8) is 0 Å². The van der Waals surface area contributed by atoms with Gasteiger partial charge < -0.3 is 4.90 Å². The Morgan fingerprint density at radius 2 is 1.78 bits per heavy atom. The summed E-state index contributed by atoms with van der Waals surface area (Å²) in [5.41, 5.74) is 4.81. The minimum Gasteiger partial charge on any atom is -0.312 e. The number of nitrogens with zero attached hydrogens (tertiary/aromatic N) is 2. The summed E-state index contributed by atoms with van der Waals surface area (Å²) in [4.78, 5) is 18.9. The molecule has 23 heavy (non-hydrogen) atoms. The Morgan fingerprint density at radius 1 is 1.00 bits per heavy atom. The highest BCUT2D eigenvalue weighted by Gasteiger charge is 2.30. The third kappa shape index (κ3) is 2.76. The normalized spacial score (nSPS) is 18.0. The van der Waals surface area contributed by atoms with Crippen molar-refractivity contribution in [1.29, 1.82) is 0 Å². The Bertz CT molecular complexity index is 705. The summed E-state index contributed by atoms with van der Waals surface area (Å²) < 4.78 is 0. The van der Waals surface area contributed by atoms with Gasteiger partial charge in [0.2, 0.25) is 5.91 Å². The van der Waals surface area contributed by atoms with Gasteiger partial charge in [0.15, 0.2) is 0 Å². The maximum atomic E-state index is 12.8. The molecule has 0 N–H and O–H groups in total. The van der Waals surface area contributed by atoms with Crippen LogP contribution in [0.5, 0.6) is 0 Å². The SMILES string of the molecule is O=C(C1CCCCC1)N1CCc2cc(-c3ccncc3)ccc21. The van der Waals surface area contributed by atoms with Crippen LogP contribution in [0.4, 0.5) is 5.69 Å². The highest BCUT2D eigenvalue weighted by atomic mass is 16.2. The minimum absolute atomic E-state index is 0.245. The summed E-state index contributed by atoms with van der Waals surface area (Å²) in [6.07, 6.45) is 10.4. The number of carbonyl (C=O) groups is 1. The number of carbonyl (C=O) groups excluding carboxylic acids is 1. The smallest absolute Gasteiger partial charge is 0.230 e. The Labute approximate surface area is 137 Å². The van der Waals surface area contributed by atoms with E-state index in [4.69, 9.17) is 0 Å². The number of hydrogen-bond acceptors (Lipinski definition) is 2. The highest BCUT2D eigenvalue weighted by Crippen LogP contribution is 2.35. The van der Waals surface area contributed by atoms with Crippen molar-refractivity contribution in [2.45, 2.75) is 38.5 Å². The fourth-order valence-corrected chi connectivity index (χ4v) is 3.92. The third-order valence-corrected chi connectivity index (χ3v) is 5.21. The van der Waals surface area contributed by atoms with E-state index in [2.05, 4.69) is 23.2 Å². The molecule has 118 valence electrons. The van der Waals surface area contributed by atoms with Crippen molar-refractivity contribution in [2.24, 2.45) is 5.92 Å². The van der Waals surface area contributed by atoms with Crippen molar-refractivity contribution < 1.29 is 4.79 Å². The van der Waals surface area contributed by atoms with Crippen LogP contribution in [0.15, 0.2) is 42.7 Å². The van der Waals surface area contributed by atoms with Crippen LogP contribution in [0.1, 0.15) is 37.7 Å². The van der Waals surface area contributed by atoms with Gasteiger partial charge in [-0.05, 0) is 60.2 Å². The molecule has 0 bridgehead atoms. The molecule has 1 saturated carbocycles. The molecule has 1 aliphatic carbocycles. The van der Waals surface area contributed by atoms with Gasteiger partial charge in [-0.2, -0.15) is 0 Å². The number of aromatic nitrogens is 1. The van der Waals surface area contributed by atoms with E-state index in [0.717, 1.165) is 31.5 Å². The fourth-order valence-electron chi connectivity index (χ4n) is 3.92. The molecule has 1 fully saturated rings. The van der Waals surface area contributed by atoms with Crippen molar-refractivity contribution in [1.82, 2.24) is 4.98 Å². The van der Waals surface area contributed by atoms with Crippen LogP contribution in [-0.2, 0) is 11.2 Å². The molecule has 2 aliphatic rings. The van der Waals surface area contributed by atoms with Crippen LogP contribution < -0.4 is 4.90 Å². The average molecular weight is 306 g/mol. The molecule has 1 aromatic carbocycles. The predicted molar refractivity (Wildman–Crippen MR) is 92.3 cm³/mol. The first-order chi connectivity index (χ1) is 11.3. The molecule has 3 nitrogen and oxygen atoms in total. The summed E-state index contributed by atoms with van der Waals surface area (Å²) in [5, 5.41) is 0. The number of anilines is 1. The third-order valence-electron chi connectivity index (χ3n) is 5.21. The minimum atomic E-state index is 0.245. The first-order valence-electron chi connectivity index (χ1n) is 8.67. The van der Waals surface area contributed by atoms with Crippen LogP contribution in [0.3, 0.4) is 0 Å². The molecule has 2 aromatic rings. The lowest BCUT2D eigenvalue weighted by Crippen LogP contribution is -2.35. The van der Waals surface area contributed by atoms with Crippen LogP contribution in [-0.4, -0.2) is 17.4 Å².